The molecule has 0 heterocycles. The first-order valence-electron chi connectivity index (χ1n) is 8.91. The Kier molecular flexibility index (Phi) is 4.76. The highest BCUT2D eigenvalue weighted by Gasteiger charge is 2.34. The third kappa shape index (κ3) is 3.11. The number of hydrogen-bond acceptors (Lipinski definition) is 3. The number of aryl methyl sites for hydroxylation is 2. The van der Waals surface area contributed by atoms with Crippen molar-refractivity contribution in [3.05, 3.63) is 58.4 Å². The number of hydrogen-bond donors (Lipinski definition) is 1. The van der Waals surface area contributed by atoms with E-state index in [0.29, 0.717) is 12.8 Å². The van der Waals surface area contributed by atoms with Crippen LogP contribution in [0.1, 0.15) is 55.2 Å². The van der Waals surface area contributed by atoms with Crippen molar-refractivity contribution in [2.75, 3.05) is 0 Å². The number of Topliss-reactive ketones (excluding diaryl/α,β-unsaturated/α-hetero) is 2. The van der Waals surface area contributed by atoms with Gasteiger partial charge in [0.1, 0.15) is 5.76 Å². The molecule has 25 heavy (non-hydrogen) atoms. The van der Waals surface area contributed by atoms with Crippen molar-refractivity contribution in [2.24, 2.45) is 0 Å². The zero-order valence-electron chi connectivity index (χ0n) is 15.1. The maximum atomic E-state index is 12.5. The van der Waals surface area contributed by atoms with Crippen LogP contribution in [0.5, 0.6) is 0 Å². The molecular weight excluding hydrogens is 312 g/mol. The topological polar surface area (TPSA) is 54.4 Å². The van der Waals surface area contributed by atoms with E-state index in [2.05, 4.69) is 32.0 Å². The molecule has 3 nitrogen and oxygen atoms in total. The largest absolute Gasteiger partial charge is 0.511 e. The predicted octanol–water partition coefficient (Wildman–Crippen LogP) is 5.08. The minimum absolute atomic E-state index is 0.0354. The molecule has 1 saturated carbocycles. The smallest absolute Gasteiger partial charge is 0.170 e. The number of rotatable bonds is 3. The Morgan fingerprint density at radius 3 is 2.28 bits per heavy atom. The number of carbonyl (C=O) groups is 2. The van der Waals surface area contributed by atoms with Gasteiger partial charge in [0.2, 0.25) is 0 Å². The van der Waals surface area contributed by atoms with Crippen LogP contribution in [-0.4, -0.2) is 16.7 Å². The van der Waals surface area contributed by atoms with E-state index in [1.165, 1.54) is 10.8 Å². The maximum Gasteiger partial charge on any atom is 0.170 e. The molecule has 1 aliphatic rings. The van der Waals surface area contributed by atoms with Crippen LogP contribution in [0, 0.1) is 13.8 Å². The minimum atomic E-state index is -0.225. The van der Waals surface area contributed by atoms with Crippen molar-refractivity contribution >= 4 is 22.3 Å². The molecule has 0 aliphatic heterocycles. The van der Waals surface area contributed by atoms with Crippen molar-refractivity contribution in [3.63, 3.8) is 0 Å². The summed E-state index contributed by atoms with van der Waals surface area (Å²) in [5.41, 5.74) is 3.41. The second kappa shape index (κ2) is 6.83. The summed E-state index contributed by atoms with van der Waals surface area (Å²) in [5.74, 6) is -0.598. The molecule has 130 valence electrons. The summed E-state index contributed by atoms with van der Waals surface area (Å²) in [5, 5.41) is 12.4. The molecule has 1 aliphatic carbocycles. The van der Waals surface area contributed by atoms with Crippen LogP contribution in [0.2, 0.25) is 0 Å². The molecule has 0 bridgehead atoms. The van der Waals surface area contributed by atoms with Crippen molar-refractivity contribution in [1.29, 1.82) is 0 Å². The fourth-order valence-electron chi connectivity index (χ4n) is 3.94. The highest BCUT2D eigenvalue weighted by molar-refractivity contribution is 6.22. The Balaban J connectivity index is 2.01. The number of allylic oxidation sites excluding steroid dienone is 2. The SMILES string of the molecule is CCCC(O)=C1C(=O)CC(c2cc(C)c3ccccc3c2C)CC1=O. The van der Waals surface area contributed by atoms with E-state index >= 15 is 0 Å². The van der Waals surface area contributed by atoms with Gasteiger partial charge >= 0.3 is 0 Å². The van der Waals surface area contributed by atoms with Crippen molar-refractivity contribution in [3.8, 4) is 0 Å². The lowest BCUT2D eigenvalue weighted by atomic mass is 9.77. The molecular formula is C22H24O3. The molecule has 0 saturated heterocycles. The molecule has 0 aromatic heterocycles. The van der Waals surface area contributed by atoms with E-state index in [9.17, 15) is 14.7 Å². The third-order valence-corrected chi connectivity index (χ3v) is 5.20. The van der Waals surface area contributed by atoms with Gasteiger partial charge in [0, 0.05) is 19.3 Å². The lowest BCUT2D eigenvalue weighted by molar-refractivity contribution is -0.124. The second-order valence-corrected chi connectivity index (χ2v) is 6.98. The fourth-order valence-corrected chi connectivity index (χ4v) is 3.94. The average molecular weight is 336 g/mol. The van der Waals surface area contributed by atoms with Gasteiger partial charge in [-0.25, -0.2) is 0 Å². The highest BCUT2D eigenvalue weighted by Crippen LogP contribution is 2.37. The summed E-state index contributed by atoms with van der Waals surface area (Å²) in [7, 11) is 0. The summed E-state index contributed by atoms with van der Waals surface area (Å²) in [6, 6.07) is 10.3. The Morgan fingerprint density at radius 2 is 1.68 bits per heavy atom. The van der Waals surface area contributed by atoms with E-state index in [-0.39, 0.29) is 41.7 Å². The Bertz CT molecular complexity index is 870. The second-order valence-electron chi connectivity index (χ2n) is 6.98. The molecule has 0 spiro atoms. The van der Waals surface area contributed by atoms with Gasteiger partial charge in [0.25, 0.3) is 0 Å². The quantitative estimate of drug-likeness (QED) is 0.483. The lowest BCUT2D eigenvalue weighted by Crippen LogP contribution is -2.26. The van der Waals surface area contributed by atoms with Crippen LogP contribution < -0.4 is 0 Å². The third-order valence-electron chi connectivity index (χ3n) is 5.20. The summed E-state index contributed by atoms with van der Waals surface area (Å²) in [6.07, 6.45) is 1.66. The van der Waals surface area contributed by atoms with E-state index in [1.807, 2.05) is 19.1 Å². The summed E-state index contributed by atoms with van der Waals surface area (Å²) >= 11 is 0. The Labute approximate surface area is 148 Å². The van der Waals surface area contributed by atoms with Gasteiger partial charge in [-0.3, -0.25) is 9.59 Å². The molecule has 3 rings (SSSR count). The number of benzene rings is 2. The first kappa shape index (κ1) is 17.4. The van der Waals surface area contributed by atoms with Crippen molar-refractivity contribution in [1.82, 2.24) is 0 Å². The number of ketones is 2. The van der Waals surface area contributed by atoms with Gasteiger partial charge < -0.3 is 5.11 Å². The van der Waals surface area contributed by atoms with Gasteiger partial charge in [-0.2, -0.15) is 0 Å². The van der Waals surface area contributed by atoms with Crippen molar-refractivity contribution < 1.29 is 14.7 Å². The van der Waals surface area contributed by atoms with Crippen LogP contribution in [0.4, 0.5) is 0 Å². The number of aliphatic hydroxyl groups is 1. The minimum Gasteiger partial charge on any atom is -0.511 e. The first-order chi connectivity index (χ1) is 11.9. The molecule has 1 N–H and O–H groups in total. The molecule has 2 aromatic carbocycles. The molecule has 1 fully saturated rings. The summed E-state index contributed by atoms with van der Waals surface area (Å²) < 4.78 is 0. The Morgan fingerprint density at radius 1 is 1.08 bits per heavy atom. The Hall–Kier alpha value is -2.42. The van der Waals surface area contributed by atoms with Crippen LogP contribution in [0.15, 0.2) is 41.7 Å². The molecule has 0 radical (unpaired) electrons. The van der Waals surface area contributed by atoms with Crippen LogP contribution in [-0.2, 0) is 9.59 Å². The van der Waals surface area contributed by atoms with E-state index in [1.54, 1.807) is 0 Å². The first-order valence-corrected chi connectivity index (χ1v) is 8.91. The molecule has 0 amide bonds. The van der Waals surface area contributed by atoms with E-state index in [4.69, 9.17) is 0 Å². The predicted molar refractivity (Wildman–Crippen MR) is 100.0 cm³/mol. The summed E-state index contributed by atoms with van der Waals surface area (Å²) in [6.45, 7) is 6.04. The normalized spacial score (nSPS) is 18.0. The average Bonchev–Trinajstić information content (AvgIpc) is 2.57. The highest BCUT2D eigenvalue weighted by atomic mass is 16.3. The van der Waals surface area contributed by atoms with Gasteiger partial charge in [-0.15, -0.1) is 0 Å². The van der Waals surface area contributed by atoms with Crippen LogP contribution in [0.3, 0.4) is 0 Å². The molecule has 3 heteroatoms. The van der Waals surface area contributed by atoms with Gasteiger partial charge in [0.05, 0.1) is 5.57 Å². The van der Waals surface area contributed by atoms with Crippen LogP contribution >= 0.6 is 0 Å². The monoisotopic (exact) mass is 336 g/mol. The maximum absolute atomic E-state index is 12.5. The number of aliphatic hydroxyl groups excluding tert-OH is 1. The zero-order chi connectivity index (χ0) is 18.1. The van der Waals surface area contributed by atoms with Crippen molar-refractivity contribution in [2.45, 2.75) is 52.4 Å². The molecule has 0 unspecified atom stereocenters. The molecule has 2 aromatic rings. The zero-order valence-corrected chi connectivity index (χ0v) is 15.1. The fraction of sp³-hybridized carbons (Fsp3) is 0.364. The van der Waals surface area contributed by atoms with Gasteiger partial charge in [0.15, 0.2) is 11.6 Å². The summed E-state index contributed by atoms with van der Waals surface area (Å²) in [4.78, 5) is 25.1. The van der Waals surface area contributed by atoms with E-state index in [0.717, 1.165) is 16.7 Å². The lowest BCUT2D eigenvalue weighted by Gasteiger charge is -2.25. The number of carbonyl (C=O) groups excluding carboxylic acids is 2. The van der Waals surface area contributed by atoms with Gasteiger partial charge in [-0.05, 0) is 53.6 Å². The molecule has 0 atom stereocenters. The van der Waals surface area contributed by atoms with Crippen LogP contribution in [0.25, 0.3) is 10.8 Å². The van der Waals surface area contributed by atoms with E-state index < -0.39 is 0 Å². The standard InChI is InChI=1S/C22H24O3/c1-4-7-19(23)22-20(24)11-15(12-21(22)25)18-10-13(2)16-8-5-6-9-17(16)14(18)3/h5-6,8-10,15,23H,4,7,11-12H2,1-3H3. The van der Waals surface area contributed by atoms with Gasteiger partial charge in [-0.1, -0.05) is 37.3 Å². The number of fused-ring (bicyclic) bond motifs is 1.